The maximum atomic E-state index is 5.80. The Morgan fingerprint density at radius 2 is 2.06 bits per heavy atom. The van der Waals surface area contributed by atoms with Crippen molar-refractivity contribution in [1.82, 2.24) is 5.32 Å². The first-order chi connectivity index (χ1) is 7.68. The quantitative estimate of drug-likeness (QED) is 0.776. The molecule has 16 heavy (non-hydrogen) atoms. The van der Waals surface area contributed by atoms with Crippen molar-refractivity contribution in [2.45, 2.75) is 70.4 Å². The highest BCUT2D eigenvalue weighted by Gasteiger charge is 2.30. The zero-order valence-electron chi connectivity index (χ0n) is 10.9. The zero-order chi connectivity index (χ0) is 11.4. The molecule has 2 atom stereocenters. The molecule has 1 aliphatic heterocycles. The molecule has 0 aromatic heterocycles. The molecule has 2 rings (SSSR count). The fraction of sp³-hybridized carbons (Fsp3) is 1.00. The van der Waals surface area contributed by atoms with Crippen LogP contribution in [0.1, 0.15) is 58.8 Å². The Labute approximate surface area is 100 Å². The SMILES string of the molecule is CC(CC1CCCC1)NCC1(C)CCCO1. The molecule has 2 nitrogen and oxygen atoms in total. The first-order valence-electron chi connectivity index (χ1n) is 7.05. The fourth-order valence-electron chi connectivity index (χ4n) is 3.20. The van der Waals surface area contributed by atoms with Crippen molar-refractivity contribution in [2.24, 2.45) is 5.92 Å². The third-order valence-electron chi connectivity index (χ3n) is 4.29. The normalized spacial score (nSPS) is 33.4. The number of hydrogen-bond acceptors (Lipinski definition) is 2. The van der Waals surface area contributed by atoms with Crippen LogP contribution in [-0.4, -0.2) is 24.8 Å². The standard InChI is InChI=1S/C14H27NO/c1-12(10-13-6-3-4-7-13)15-11-14(2)8-5-9-16-14/h12-13,15H,3-11H2,1-2H3. The third-order valence-corrected chi connectivity index (χ3v) is 4.29. The van der Waals surface area contributed by atoms with Crippen molar-refractivity contribution in [3.63, 3.8) is 0 Å². The van der Waals surface area contributed by atoms with E-state index in [4.69, 9.17) is 4.74 Å². The highest BCUT2D eigenvalue weighted by Crippen LogP contribution is 2.29. The molecule has 2 heteroatoms. The highest BCUT2D eigenvalue weighted by molar-refractivity contribution is 4.84. The lowest BCUT2D eigenvalue weighted by atomic mass is 9.98. The van der Waals surface area contributed by atoms with E-state index in [2.05, 4.69) is 19.2 Å². The molecule has 0 radical (unpaired) electrons. The predicted molar refractivity (Wildman–Crippen MR) is 67.6 cm³/mol. The average molecular weight is 225 g/mol. The first-order valence-corrected chi connectivity index (χ1v) is 7.05. The first kappa shape index (κ1) is 12.4. The van der Waals surface area contributed by atoms with E-state index < -0.39 is 0 Å². The van der Waals surface area contributed by atoms with Crippen molar-refractivity contribution in [3.8, 4) is 0 Å². The zero-order valence-corrected chi connectivity index (χ0v) is 10.9. The minimum absolute atomic E-state index is 0.115. The predicted octanol–water partition coefficient (Wildman–Crippen LogP) is 3.11. The smallest absolute Gasteiger partial charge is 0.0779 e. The maximum Gasteiger partial charge on any atom is 0.0779 e. The molecule has 1 N–H and O–H groups in total. The Balaban J connectivity index is 1.64. The molecule has 2 aliphatic rings. The molecule has 1 saturated carbocycles. The van der Waals surface area contributed by atoms with E-state index in [9.17, 15) is 0 Å². The van der Waals surface area contributed by atoms with Crippen LogP contribution in [0.25, 0.3) is 0 Å². The van der Waals surface area contributed by atoms with Crippen molar-refractivity contribution >= 4 is 0 Å². The van der Waals surface area contributed by atoms with Gasteiger partial charge in [-0.3, -0.25) is 0 Å². The van der Waals surface area contributed by atoms with Gasteiger partial charge >= 0.3 is 0 Å². The van der Waals surface area contributed by atoms with Crippen LogP contribution in [0.4, 0.5) is 0 Å². The summed E-state index contributed by atoms with van der Waals surface area (Å²) in [7, 11) is 0. The van der Waals surface area contributed by atoms with Gasteiger partial charge in [0.05, 0.1) is 5.60 Å². The second-order valence-corrected chi connectivity index (χ2v) is 6.07. The highest BCUT2D eigenvalue weighted by atomic mass is 16.5. The van der Waals surface area contributed by atoms with Crippen LogP contribution < -0.4 is 5.32 Å². The van der Waals surface area contributed by atoms with Crippen LogP contribution in [-0.2, 0) is 4.74 Å². The summed E-state index contributed by atoms with van der Waals surface area (Å²) in [5.41, 5.74) is 0.115. The second kappa shape index (κ2) is 5.50. The molecule has 0 spiro atoms. The van der Waals surface area contributed by atoms with Crippen molar-refractivity contribution < 1.29 is 4.74 Å². The number of ether oxygens (including phenoxy) is 1. The molecule has 1 heterocycles. The summed E-state index contributed by atoms with van der Waals surface area (Å²) in [6, 6.07) is 0.657. The maximum absolute atomic E-state index is 5.80. The van der Waals surface area contributed by atoms with Crippen LogP contribution in [0.5, 0.6) is 0 Å². The molecule has 2 unspecified atom stereocenters. The summed E-state index contributed by atoms with van der Waals surface area (Å²) in [5, 5.41) is 3.67. The largest absolute Gasteiger partial charge is 0.374 e. The lowest BCUT2D eigenvalue weighted by Crippen LogP contribution is -2.41. The topological polar surface area (TPSA) is 21.3 Å². The van der Waals surface area contributed by atoms with Gasteiger partial charge in [-0.25, -0.2) is 0 Å². The van der Waals surface area contributed by atoms with Crippen LogP contribution in [0, 0.1) is 5.92 Å². The summed E-state index contributed by atoms with van der Waals surface area (Å²) in [4.78, 5) is 0. The lowest BCUT2D eigenvalue weighted by molar-refractivity contribution is 0.0186. The van der Waals surface area contributed by atoms with E-state index in [0.717, 1.165) is 19.1 Å². The summed E-state index contributed by atoms with van der Waals surface area (Å²) in [6.45, 7) is 6.56. The Morgan fingerprint density at radius 1 is 1.31 bits per heavy atom. The van der Waals surface area contributed by atoms with Gasteiger partial charge in [0.15, 0.2) is 0 Å². The molecule has 0 amide bonds. The van der Waals surface area contributed by atoms with Gasteiger partial charge in [-0.05, 0) is 39.0 Å². The molecule has 1 saturated heterocycles. The van der Waals surface area contributed by atoms with E-state index in [1.165, 1.54) is 44.9 Å². The van der Waals surface area contributed by atoms with Crippen molar-refractivity contribution in [3.05, 3.63) is 0 Å². The molecule has 1 aliphatic carbocycles. The monoisotopic (exact) mass is 225 g/mol. The molecule has 94 valence electrons. The van der Waals surface area contributed by atoms with Crippen LogP contribution >= 0.6 is 0 Å². The summed E-state index contributed by atoms with van der Waals surface area (Å²) < 4.78 is 5.80. The van der Waals surface area contributed by atoms with E-state index in [1.54, 1.807) is 0 Å². The van der Waals surface area contributed by atoms with Gasteiger partial charge in [-0.15, -0.1) is 0 Å². The fourth-order valence-corrected chi connectivity index (χ4v) is 3.20. The van der Waals surface area contributed by atoms with E-state index >= 15 is 0 Å². The van der Waals surface area contributed by atoms with E-state index in [1.807, 2.05) is 0 Å². The van der Waals surface area contributed by atoms with Gasteiger partial charge in [0, 0.05) is 19.2 Å². The Kier molecular flexibility index (Phi) is 4.26. The van der Waals surface area contributed by atoms with Crippen molar-refractivity contribution in [1.29, 1.82) is 0 Å². The van der Waals surface area contributed by atoms with E-state index in [0.29, 0.717) is 6.04 Å². The number of hydrogen-bond donors (Lipinski definition) is 1. The lowest BCUT2D eigenvalue weighted by Gasteiger charge is -2.27. The molecular formula is C14H27NO. The Hall–Kier alpha value is -0.0800. The summed E-state index contributed by atoms with van der Waals surface area (Å²) in [5.74, 6) is 0.986. The van der Waals surface area contributed by atoms with Gasteiger partial charge in [0.25, 0.3) is 0 Å². The molecule has 2 fully saturated rings. The summed E-state index contributed by atoms with van der Waals surface area (Å²) >= 11 is 0. The number of rotatable bonds is 5. The Morgan fingerprint density at radius 3 is 2.69 bits per heavy atom. The minimum atomic E-state index is 0.115. The molecule has 0 bridgehead atoms. The average Bonchev–Trinajstić information content (AvgIpc) is 2.88. The molecular weight excluding hydrogens is 198 g/mol. The molecule has 0 aromatic rings. The van der Waals surface area contributed by atoms with E-state index in [-0.39, 0.29) is 5.60 Å². The Bertz CT molecular complexity index is 205. The van der Waals surface area contributed by atoms with Gasteiger partial charge in [-0.1, -0.05) is 25.7 Å². The second-order valence-electron chi connectivity index (χ2n) is 6.07. The summed E-state index contributed by atoms with van der Waals surface area (Å²) in [6.07, 6.45) is 9.64. The van der Waals surface area contributed by atoms with Crippen LogP contribution in [0.15, 0.2) is 0 Å². The van der Waals surface area contributed by atoms with Crippen LogP contribution in [0.3, 0.4) is 0 Å². The molecule has 0 aromatic carbocycles. The van der Waals surface area contributed by atoms with Crippen molar-refractivity contribution in [2.75, 3.05) is 13.2 Å². The number of nitrogens with one attached hydrogen (secondary N) is 1. The third kappa shape index (κ3) is 3.46. The minimum Gasteiger partial charge on any atom is -0.374 e. The van der Waals surface area contributed by atoms with Crippen LogP contribution in [0.2, 0.25) is 0 Å². The van der Waals surface area contributed by atoms with Gasteiger partial charge in [0.2, 0.25) is 0 Å². The van der Waals surface area contributed by atoms with Gasteiger partial charge < -0.3 is 10.1 Å². The van der Waals surface area contributed by atoms with Gasteiger partial charge in [-0.2, -0.15) is 0 Å². The van der Waals surface area contributed by atoms with Gasteiger partial charge in [0.1, 0.15) is 0 Å².